The van der Waals surface area contributed by atoms with Crippen LogP contribution in [0, 0.1) is 0 Å². The first kappa shape index (κ1) is 12.9. The normalized spacial score (nSPS) is 12.4. The summed E-state index contributed by atoms with van der Waals surface area (Å²) in [6.07, 6.45) is 3.54. The molecule has 2 heterocycles. The zero-order valence-corrected chi connectivity index (χ0v) is 11.9. The first-order chi connectivity index (χ1) is 9.75. The largest absolute Gasteiger partial charge is 0.360 e. The fraction of sp³-hybridized carbons (Fsp3) is 0.125. The van der Waals surface area contributed by atoms with Crippen LogP contribution in [0.25, 0.3) is 10.9 Å². The number of carbonyl (C=O) groups is 1. The van der Waals surface area contributed by atoms with E-state index in [9.17, 15) is 4.79 Å². The van der Waals surface area contributed by atoms with Gasteiger partial charge in [-0.05, 0) is 25.1 Å². The van der Waals surface area contributed by atoms with Gasteiger partial charge in [-0.2, -0.15) is 0 Å². The Morgan fingerprint density at radius 3 is 2.80 bits per heavy atom. The van der Waals surface area contributed by atoms with Gasteiger partial charge < -0.3 is 4.98 Å². The topological polar surface area (TPSA) is 45.8 Å². The maximum atomic E-state index is 12.6. The van der Waals surface area contributed by atoms with Crippen LogP contribution in [0.2, 0.25) is 0 Å². The molecule has 0 aliphatic heterocycles. The molecular formula is C16H14N2OS. The molecule has 0 aliphatic carbocycles. The Labute approximate surface area is 121 Å². The van der Waals surface area contributed by atoms with Crippen LogP contribution in [-0.4, -0.2) is 21.0 Å². The summed E-state index contributed by atoms with van der Waals surface area (Å²) >= 11 is 1.48. The predicted molar refractivity (Wildman–Crippen MR) is 82.2 cm³/mol. The number of hydrogen-bond donors (Lipinski definition) is 1. The molecule has 2 aromatic heterocycles. The summed E-state index contributed by atoms with van der Waals surface area (Å²) in [6, 6.07) is 13.6. The second-order valence-electron chi connectivity index (χ2n) is 4.54. The van der Waals surface area contributed by atoms with E-state index in [-0.39, 0.29) is 11.0 Å². The van der Waals surface area contributed by atoms with Gasteiger partial charge in [0, 0.05) is 28.9 Å². The Balaban J connectivity index is 1.85. The van der Waals surface area contributed by atoms with Crippen molar-refractivity contribution >= 4 is 28.4 Å². The van der Waals surface area contributed by atoms with Gasteiger partial charge in [-0.25, -0.2) is 4.98 Å². The monoisotopic (exact) mass is 282 g/mol. The second-order valence-corrected chi connectivity index (χ2v) is 5.90. The summed E-state index contributed by atoms with van der Waals surface area (Å²) in [7, 11) is 0. The zero-order chi connectivity index (χ0) is 13.9. The van der Waals surface area contributed by atoms with Crippen molar-refractivity contribution in [3.8, 4) is 0 Å². The molecule has 3 rings (SSSR count). The molecule has 100 valence electrons. The first-order valence-electron chi connectivity index (χ1n) is 6.44. The third-order valence-electron chi connectivity index (χ3n) is 3.16. The Kier molecular flexibility index (Phi) is 3.56. The van der Waals surface area contributed by atoms with Gasteiger partial charge >= 0.3 is 0 Å². The highest BCUT2D eigenvalue weighted by atomic mass is 32.2. The van der Waals surface area contributed by atoms with E-state index in [4.69, 9.17) is 0 Å². The van der Waals surface area contributed by atoms with Gasteiger partial charge in [0.15, 0.2) is 5.78 Å². The number of aromatic nitrogens is 2. The number of rotatable bonds is 4. The number of thioether (sulfide) groups is 1. The molecule has 3 aromatic rings. The third kappa shape index (κ3) is 2.47. The van der Waals surface area contributed by atoms with Crippen LogP contribution in [0.4, 0.5) is 0 Å². The van der Waals surface area contributed by atoms with Crippen molar-refractivity contribution in [1.82, 2.24) is 9.97 Å². The van der Waals surface area contributed by atoms with E-state index >= 15 is 0 Å². The van der Waals surface area contributed by atoms with Crippen molar-refractivity contribution in [2.24, 2.45) is 0 Å². The summed E-state index contributed by atoms with van der Waals surface area (Å²) in [5, 5.41) is 1.68. The number of carbonyl (C=O) groups excluding carboxylic acids is 1. The van der Waals surface area contributed by atoms with E-state index in [1.807, 2.05) is 49.4 Å². The highest BCUT2D eigenvalue weighted by Gasteiger charge is 2.19. The summed E-state index contributed by atoms with van der Waals surface area (Å²) in [5.41, 5.74) is 1.74. The number of aromatic amines is 1. The third-order valence-corrected chi connectivity index (χ3v) is 4.21. The molecule has 0 spiro atoms. The average molecular weight is 282 g/mol. The Morgan fingerprint density at radius 1 is 1.20 bits per heavy atom. The molecule has 1 atom stereocenters. The fourth-order valence-corrected chi connectivity index (χ4v) is 3.02. The van der Waals surface area contributed by atoms with Crippen molar-refractivity contribution in [2.75, 3.05) is 0 Å². The summed E-state index contributed by atoms with van der Waals surface area (Å²) in [6.45, 7) is 1.92. The van der Waals surface area contributed by atoms with E-state index in [0.717, 1.165) is 21.5 Å². The van der Waals surface area contributed by atoms with Gasteiger partial charge in [0.1, 0.15) is 0 Å². The molecule has 3 nitrogen and oxygen atoms in total. The number of benzene rings is 1. The number of ketones is 1. The highest BCUT2D eigenvalue weighted by Crippen LogP contribution is 2.26. The molecule has 0 saturated heterocycles. The van der Waals surface area contributed by atoms with Gasteiger partial charge in [-0.3, -0.25) is 4.79 Å². The molecule has 4 heteroatoms. The highest BCUT2D eigenvalue weighted by molar-refractivity contribution is 8.00. The van der Waals surface area contributed by atoms with Crippen LogP contribution in [0.15, 0.2) is 59.9 Å². The van der Waals surface area contributed by atoms with Gasteiger partial charge in [0.2, 0.25) is 0 Å². The van der Waals surface area contributed by atoms with E-state index in [1.54, 1.807) is 12.4 Å². The molecule has 1 aromatic carbocycles. The van der Waals surface area contributed by atoms with E-state index in [1.165, 1.54) is 11.8 Å². The van der Waals surface area contributed by atoms with E-state index < -0.39 is 0 Å². The molecule has 0 radical (unpaired) electrons. The number of hydrogen-bond acceptors (Lipinski definition) is 3. The Hall–Kier alpha value is -2.07. The smallest absolute Gasteiger partial charge is 0.178 e. The molecule has 0 fully saturated rings. The van der Waals surface area contributed by atoms with Crippen LogP contribution >= 0.6 is 11.8 Å². The van der Waals surface area contributed by atoms with Crippen LogP contribution in [0.1, 0.15) is 17.3 Å². The van der Waals surface area contributed by atoms with Gasteiger partial charge in [0.05, 0.1) is 10.3 Å². The molecule has 0 unspecified atom stereocenters. The summed E-state index contributed by atoms with van der Waals surface area (Å²) in [5.74, 6) is 0.123. The van der Waals surface area contributed by atoms with E-state index in [0.29, 0.717) is 0 Å². The minimum Gasteiger partial charge on any atom is -0.360 e. The first-order valence-corrected chi connectivity index (χ1v) is 7.31. The van der Waals surface area contributed by atoms with Gasteiger partial charge in [-0.1, -0.05) is 36.0 Å². The van der Waals surface area contributed by atoms with Crippen molar-refractivity contribution in [3.05, 3.63) is 60.4 Å². The number of pyridine rings is 1. The van der Waals surface area contributed by atoms with Crippen LogP contribution in [0.5, 0.6) is 0 Å². The minimum absolute atomic E-state index is 0.123. The fourth-order valence-electron chi connectivity index (χ4n) is 2.15. The van der Waals surface area contributed by atoms with E-state index in [2.05, 4.69) is 9.97 Å². The Bertz CT molecular complexity index is 736. The maximum Gasteiger partial charge on any atom is 0.178 e. The van der Waals surface area contributed by atoms with Crippen molar-refractivity contribution in [2.45, 2.75) is 17.2 Å². The zero-order valence-electron chi connectivity index (χ0n) is 11.0. The number of Topliss-reactive ketones (excluding diaryl/α,β-unsaturated/α-hetero) is 1. The van der Waals surface area contributed by atoms with Crippen LogP contribution in [0.3, 0.4) is 0 Å². The molecule has 20 heavy (non-hydrogen) atoms. The molecule has 0 bridgehead atoms. The number of fused-ring (bicyclic) bond motifs is 1. The average Bonchev–Trinajstić information content (AvgIpc) is 2.91. The predicted octanol–water partition coefficient (Wildman–Crippen LogP) is 3.93. The summed E-state index contributed by atoms with van der Waals surface area (Å²) in [4.78, 5) is 19.9. The Morgan fingerprint density at radius 2 is 2.00 bits per heavy atom. The molecule has 0 amide bonds. The number of nitrogens with zero attached hydrogens (tertiary/aromatic N) is 1. The second kappa shape index (κ2) is 5.51. The lowest BCUT2D eigenvalue weighted by molar-refractivity contribution is 0.0995. The lowest BCUT2D eigenvalue weighted by Crippen LogP contribution is -2.13. The summed E-state index contributed by atoms with van der Waals surface area (Å²) < 4.78 is 0. The molecule has 0 aliphatic rings. The molecule has 0 saturated carbocycles. The van der Waals surface area contributed by atoms with Crippen molar-refractivity contribution in [1.29, 1.82) is 0 Å². The molecular weight excluding hydrogens is 268 g/mol. The van der Waals surface area contributed by atoms with Crippen molar-refractivity contribution in [3.63, 3.8) is 0 Å². The minimum atomic E-state index is -0.163. The SMILES string of the molecule is C[C@H](Sc1ccccn1)C(=O)c1c[nH]c2ccccc12. The number of H-pyrrole nitrogens is 1. The lowest BCUT2D eigenvalue weighted by atomic mass is 10.1. The maximum absolute atomic E-state index is 12.6. The quantitative estimate of drug-likeness (QED) is 0.582. The molecule has 1 N–H and O–H groups in total. The van der Waals surface area contributed by atoms with Crippen LogP contribution in [-0.2, 0) is 0 Å². The van der Waals surface area contributed by atoms with Crippen molar-refractivity contribution < 1.29 is 4.79 Å². The lowest BCUT2D eigenvalue weighted by Gasteiger charge is -2.08. The number of para-hydroxylation sites is 1. The van der Waals surface area contributed by atoms with Gasteiger partial charge in [-0.15, -0.1) is 0 Å². The van der Waals surface area contributed by atoms with Crippen LogP contribution < -0.4 is 0 Å². The number of nitrogens with one attached hydrogen (secondary N) is 1. The standard InChI is InChI=1S/C16H14N2OS/c1-11(20-15-8-4-5-9-17-15)16(19)13-10-18-14-7-3-2-6-12(13)14/h2-11,18H,1H3/t11-/m0/s1. The van der Waals surface area contributed by atoms with Gasteiger partial charge in [0.25, 0.3) is 0 Å².